The first-order chi connectivity index (χ1) is 13.3. The maximum absolute atomic E-state index is 12.6. The van der Waals surface area contributed by atoms with E-state index in [1.807, 2.05) is 0 Å². The Kier molecular flexibility index (Phi) is 5.43. The van der Waals surface area contributed by atoms with Crippen LogP contribution in [0, 0.1) is 0 Å². The number of anilines is 2. The van der Waals surface area contributed by atoms with Crippen LogP contribution in [0.2, 0.25) is 0 Å². The molecule has 0 bridgehead atoms. The number of hydrogen-bond donors (Lipinski definition) is 2. The van der Waals surface area contributed by atoms with E-state index in [2.05, 4.69) is 10.6 Å². The van der Waals surface area contributed by atoms with Crippen LogP contribution in [0.5, 0.6) is 5.75 Å². The molecule has 1 aliphatic rings. The molecule has 1 aliphatic heterocycles. The normalized spacial score (nSPS) is 16.8. The largest absolute Gasteiger partial charge is 0.497 e. The Labute approximate surface area is 159 Å². The number of amides is 3. The van der Waals surface area contributed by atoms with E-state index in [0.29, 0.717) is 18.0 Å². The van der Waals surface area contributed by atoms with Crippen molar-refractivity contribution in [2.45, 2.75) is 18.6 Å². The molecule has 2 aromatic carbocycles. The zero-order valence-electron chi connectivity index (χ0n) is 14.9. The van der Waals surface area contributed by atoms with Crippen LogP contribution in [0.1, 0.15) is 12.0 Å². The van der Waals surface area contributed by atoms with E-state index in [1.54, 1.807) is 36.3 Å². The Morgan fingerprint density at radius 2 is 1.75 bits per heavy atom. The molecule has 148 valence electrons. The summed E-state index contributed by atoms with van der Waals surface area (Å²) in [5, 5.41) is 5.13. The number of carbonyl (C=O) groups excluding carboxylic acids is 2. The minimum Gasteiger partial charge on any atom is -0.497 e. The van der Waals surface area contributed by atoms with Crippen LogP contribution in [0.4, 0.5) is 29.3 Å². The summed E-state index contributed by atoms with van der Waals surface area (Å²) in [5.41, 5.74) is 0.120. The van der Waals surface area contributed by atoms with Crippen molar-refractivity contribution in [1.82, 2.24) is 5.32 Å². The van der Waals surface area contributed by atoms with Gasteiger partial charge in [-0.1, -0.05) is 0 Å². The standard InChI is InChI=1S/C19H18F3N3O3/c1-28-16-8-6-15(7-9-16)25-11-14(10-17(25)26)24-18(27)23-13-4-2-12(3-5-13)19(20,21)22/h2-9,14H,10-11H2,1H3,(H2,23,24,27). The number of alkyl halides is 3. The average Bonchev–Trinajstić information content (AvgIpc) is 3.01. The highest BCUT2D eigenvalue weighted by Crippen LogP contribution is 2.30. The van der Waals surface area contributed by atoms with Gasteiger partial charge in [-0.2, -0.15) is 13.2 Å². The van der Waals surface area contributed by atoms with Gasteiger partial charge in [-0.25, -0.2) is 4.79 Å². The molecule has 1 heterocycles. The van der Waals surface area contributed by atoms with Crippen molar-refractivity contribution >= 4 is 23.3 Å². The molecule has 6 nitrogen and oxygen atoms in total. The van der Waals surface area contributed by atoms with Crippen LogP contribution in [0.15, 0.2) is 48.5 Å². The summed E-state index contributed by atoms with van der Waals surface area (Å²) in [7, 11) is 1.55. The van der Waals surface area contributed by atoms with Gasteiger partial charge in [0.05, 0.1) is 18.7 Å². The molecule has 1 atom stereocenters. The molecule has 3 amide bonds. The van der Waals surface area contributed by atoms with Gasteiger partial charge in [0.25, 0.3) is 0 Å². The molecule has 2 aromatic rings. The topological polar surface area (TPSA) is 70.7 Å². The zero-order valence-corrected chi connectivity index (χ0v) is 14.9. The van der Waals surface area contributed by atoms with E-state index in [4.69, 9.17) is 4.74 Å². The third kappa shape index (κ3) is 4.54. The maximum Gasteiger partial charge on any atom is 0.416 e. The number of rotatable bonds is 4. The first-order valence-corrected chi connectivity index (χ1v) is 8.45. The number of hydrogen-bond acceptors (Lipinski definition) is 3. The summed E-state index contributed by atoms with van der Waals surface area (Å²) in [5.74, 6) is 0.533. The fourth-order valence-electron chi connectivity index (χ4n) is 2.91. The highest BCUT2D eigenvalue weighted by molar-refractivity contribution is 5.97. The van der Waals surface area contributed by atoms with Crippen LogP contribution in [-0.4, -0.2) is 31.6 Å². The fraction of sp³-hybridized carbons (Fsp3) is 0.263. The van der Waals surface area contributed by atoms with Crippen LogP contribution in [0.3, 0.4) is 0 Å². The first-order valence-electron chi connectivity index (χ1n) is 8.45. The third-order valence-electron chi connectivity index (χ3n) is 4.31. The van der Waals surface area contributed by atoms with Gasteiger partial charge >= 0.3 is 12.2 Å². The van der Waals surface area contributed by atoms with Gasteiger partial charge in [-0.3, -0.25) is 4.79 Å². The number of halogens is 3. The molecule has 2 N–H and O–H groups in total. The van der Waals surface area contributed by atoms with Gasteiger partial charge in [-0.05, 0) is 48.5 Å². The van der Waals surface area contributed by atoms with Crippen LogP contribution in [0.25, 0.3) is 0 Å². The maximum atomic E-state index is 12.6. The molecule has 28 heavy (non-hydrogen) atoms. The molecule has 0 aromatic heterocycles. The van der Waals surface area contributed by atoms with Gasteiger partial charge in [0.15, 0.2) is 0 Å². The van der Waals surface area contributed by atoms with E-state index >= 15 is 0 Å². The van der Waals surface area contributed by atoms with Crippen molar-refractivity contribution in [1.29, 1.82) is 0 Å². The molecule has 0 radical (unpaired) electrons. The van der Waals surface area contributed by atoms with Crippen molar-refractivity contribution in [3.8, 4) is 5.75 Å². The number of benzene rings is 2. The lowest BCUT2D eigenvalue weighted by atomic mass is 10.2. The van der Waals surface area contributed by atoms with E-state index in [-0.39, 0.29) is 18.0 Å². The minimum atomic E-state index is -4.43. The Balaban J connectivity index is 1.56. The van der Waals surface area contributed by atoms with E-state index in [1.165, 1.54) is 12.1 Å². The van der Waals surface area contributed by atoms with Crippen LogP contribution < -0.4 is 20.3 Å². The lowest BCUT2D eigenvalue weighted by Crippen LogP contribution is -2.39. The van der Waals surface area contributed by atoms with Gasteiger partial charge in [0, 0.05) is 24.3 Å². The Morgan fingerprint density at radius 3 is 2.32 bits per heavy atom. The number of nitrogens with one attached hydrogen (secondary N) is 2. The lowest BCUT2D eigenvalue weighted by Gasteiger charge is -2.18. The Morgan fingerprint density at radius 1 is 1.11 bits per heavy atom. The quantitative estimate of drug-likeness (QED) is 0.833. The van der Waals surface area contributed by atoms with Crippen molar-refractivity contribution < 1.29 is 27.5 Å². The monoisotopic (exact) mass is 393 g/mol. The first kappa shape index (κ1) is 19.5. The van der Waals surface area contributed by atoms with Gasteiger partial charge in [0.2, 0.25) is 5.91 Å². The molecular weight excluding hydrogens is 375 g/mol. The van der Waals surface area contributed by atoms with Crippen LogP contribution in [-0.2, 0) is 11.0 Å². The molecule has 1 saturated heterocycles. The van der Waals surface area contributed by atoms with Crippen molar-refractivity contribution in [3.63, 3.8) is 0 Å². The predicted molar refractivity (Wildman–Crippen MR) is 97.4 cm³/mol. The van der Waals surface area contributed by atoms with E-state index in [0.717, 1.165) is 12.1 Å². The second-order valence-electron chi connectivity index (χ2n) is 6.28. The Hall–Kier alpha value is -3.23. The van der Waals surface area contributed by atoms with Crippen molar-refractivity contribution in [2.75, 3.05) is 23.9 Å². The van der Waals surface area contributed by atoms with Crippen LogP contribution >= 0.6 is 0 Å². The molecular formula is C19H18F3N3O3. The third-order valence-corrected chi connectivity index (χ3v) is 4.31. The molecule has 1 fully saturated rings. The fourth-order valence-corrected chi connectivity index (χ4v) is 2.91. The van der Waals surface area contributed by atoms with E-state index in [9.17, 15) is 22.8 Å². The smallest absolute Gasteiger partial charge is 0.416 e. The molecule has 1 unspecified atom stereocenters. The second-order valence-corrected chi connectivity index (χ2v) is 6.28. The summed E-state index contributed by atoms with van der Waals surface area (Å²) in [4.78, 5) is 25.9. The highest BCUT2D eigenvalue weighted by Gasteiger charge is 2.32. The molecule has 0 spiro atoms. The summed E-state index contributed by atoms with van der Waals surface area (Å²) < 4.78 is 42.8. The van der Waals surface area contributed by atoms with Gasteiger partial charge in [0.1, 0.15) is 5.75 Å². The van der Waals surface area contributed by atoms with Crippen molar-refractivity contribution in [3.05, 3.63) is 54.1 Å². The summed E-state index contributed by atoms with van der Waals surface area (Å²) in [6, 6.07) is 10.1. The summed E-state index contributed by atoms with van der Waals surface area (Å²) in [6.45, 7) is 0.297. The Bertz CT molecular complexity index is 851. The molecule has 3 rings (SSSR count). The van der Waals surface area contributed by atoms with Crippen molar-refractivity contribution in [2.24, 2.45) is 0 Å². The number of nitrogens with zero attached hydrogens (tertiary/aromatic N) is 1. The number of carbonyl (C=O) groups is 2. The average molecular weight is 393 g/mol. The van der Waals surface area contributed by atoms with Gasteiger partial charge in [-0.15, -0.1) is 0 Å². The number of ether oxygens (including phenoxy) is 1. The predicted octanol–water partition coefficient (Wildman–Crippen LogP) is 3.64. The second kappa shape index (κ2) is 7.79. The SMILES string of the molecule is COc1ccc(N2CC(NC(=O)Nc3ccc(C(F)(F)F)cc3)CC2=O)cc1. The summed E-state index contributed by atoms with van der Waals surface area (Å²) >= 11 is 0. The molecule has 0 aliphatic carbocycles. The number of methoxy groups -OCH3 is 1. The summed E-state index contributed by atoms with van der Waals surface area (Å²) in [6.07, 6.45) is -4.30. The number of urea groups is 1. The minimum absolute atomic E-state index is 0.131. The molecule has 9 heteroatoms. The highest BCUT2D eigenvalue weighted by atomic mass is 19.4. The van der Waals surface area contributed by atoms with E-state index < -0.39 is 23.8 Å². The molecule has 0 saturated carbocycles. The zero-order chi connectivity index (χ0) is 20.3. The van der Waals surface area contributed by atoms with Gasteiger partial charge < -0.3 is 20.3 Å². The lowest BCUT2D eigenvalue weighted by molar-refractivity contribution is -0.137.